The van der Waals surface area contributed by atoms with Crippen molar-refractivity contribution in [3.05, 3.63) is 22.3 Å². The summed E-state index contributed by atoms with van der Waals surface area (Å²) in [5.41, 5.74) is 6.09. The van der Waals surface area contributed by atoms with Crippen LogP contribution in [-0.4, -0.2) is 82.0 Å². The molecule has 158 valence electrons. The van der Waals surface area contributed by atoms with E-state index in [4.69, 9.17) is 15.3 Å². The predicted molar refractivity (Wildman–Crippen MR) is 105 cm³/mol. The van der Waals surface area contributed by atoms with Gasteiger partial charge in [-0.25, -0.2) is 9.78 Å². The number of anilines is 1. The Bertz CT molecular complexity index is 884. The van der Waals surface area contributed by atoms with Crippen molar-refractivity contribution >= 4 is 51.7 Å². The zero-order chi connectivity index (χ0) is 20.4. The van der Waals surface area contributed by atoms with Crippen molar-refractivity contribution in [2.24, 2.45) is 5.16 Å². The van der Waals surface area contributed by atoms with E-state index in [0.717, 1.165) is 11.3 Å². The summed E-state index contributed by atoms with van der Waals surface area (Å²) >= 11 is 2.47. The van der Waals surface area contributed by atoms with Crippen LogP contribution < -0.4 is 11.1 Å². The smallest absolute Gasteiger partial charge is 0.352 e. The highest BCUT2D eigenvalue weighted by molar-refractivity contribution is 8.00. The number of nitrogens with zero attached hydrogens (tertiary/aromatic N) is 3. The predicted octanol–water partition coefficient (Wildman–Crippen LogP) is -1.36. The third-order valence-electron chi connectivity index (χ3n) is 4.02. The van der Waals surface area contributed by atoms with E-state index in [1.165, 1.54) is 30.9 Å². The number of hydrogen-bond donors (Lipinski definition) is 3. The van der Waals surface area contributed by atoms with Crippen molar-refractivity contribution in [1.29, 1.82) is 0 Å². The highest BCUT2D eigenvalue weighted by atomic mass is 32.2. The quantitative estimate of drug-likeness (QED) is 0.258. The number of nitrogens with one attached hydrogen (secondary N) is 1. The van der Waals surface area contributed by atoms with Gasteiger partial charge in [-0.2, -0.15) is 0 Å². The standard InChI is InChI=1S/C15H17N5O6S2.H2O/c1-25-3-6-4-27-13-9(12(22)20(13)10(6)14(23)24)18-11(21)8(19-26-2)7-5-28-15(16)17-7;/h5,9,13H,3-4H2,1-2H3,(H2,16,17)(H,18,21)(H,23,24);1H2/b19-8+;/t9-,13-;/m1./s1. The van der Waals surface area contributed by atoms with E-state index in [0.29, 0.717) is 11.3 Å². The first-order valence-electron chi connectivity index (χ1n) is 7.91. The molecule has 2 atom stereocenters. The van der Waals surface area contributed by atoms with Crippen molar-refractivity contribution in [3.8, 4) is 0 Å². The lowest BCUT2D eigenvalue weighted by atomic mass is 10.0. The molecule has 3 heterocycles. The summed E-state index contributed by atoms with van der Waals surface area (Å²) in [7, 11) is 2.73. The Morgan fingerprint density at radius 1 is 1.48 bits per heavy atom. The molecule has 2 aliphatic heterocycles. The monoisotopic (exact) mass is 445 g/mol. The minimum Gasteiger partial charge on any atom is -0.477 e. The van der Waals surface area contributed by atoms with E-state index in [1.54, 1.807) is 5.38 Å². The highest BCUT2D eigenvalue weighted by Gasteiger charge is 2.54. The molecule has 0 radical (unpaired) electrons. The minimum atomic E-state index is -1.21. The number of amides is 2. The summed E-state index contributed by atoms with van der Waals surface area (Å²) in [6, 6.07) is -0.894. The molecule has 0 aromatic carbocycles. The molecule has 6 N–H and O–H groups in total. The number of oxime groups is 1. The third-order valence-corrected chi connectivity index (χ3v) is 6.03. The molecule has 14 heteroatoms. The van der Waals surface area contributed by atoms with Crippen LogP contribution in [0.2, 0.25) is 0 Å². The summed E-state index contributed by atoms with van der Waals surface area (Å²) in [5.74, 6) is -2.03. The molecule has 1 aromatic rings. The summed E-state index contributed by atoms with van der Waals surface area (Å²) in [6.07, 6.45) is 0. The number of fused-ring (bicyclic) bond motifs is 1. The summed E-state index contributed by atoms with van der Waals surface area (Å²) in [6.45, 7) is 0.109. The van der Waals surface area contributed by atoms with Crippen molar-refractivity contribution in [2.45, 2.75) is 11.4 Å². The minimum absolute atomic E-state index is 0. The van der Waals surface area contributed by atoms with E-state index in [2.05, 4.69) is 15.5 Å². The molecule has 2 amide bonds. The number of aliphatic carboxylic acids is 1. The summed E-state index contributed by atoms with van der Waals surface area (Å²) in [4.78, 5) is 46.7. The van der Waals surface area contributed by atoms with E-state index in [9.17, 15) is 19.5 Å². The van der Waals surface area contributed by atoms with Crippen LogP contribution in [0.4, 0.5) is 5.13 Å². The van der Waals surface area contributed by atoms with Crippen LogP contribution in [0.25, 0.3) is 0 Å². The molecule has 0 unspecified atom stereocenters. The number of methoxy groups -OCH3 is 1. The lowest BCUT2D eigenvalue weighted by Crippen LogP contribution is -2.71. The maximum atomic E-state index is 12.6. The first-order valence-corrected chi connectivity index (χ1v) is 9.84. The number of ether oxygens (including phenoxy) is 1. The lowest BCUT2D eigenvalue weighted by molar-refractivity contribution is -0.150. The van der Waals surface area contributed by atoms with Gasteiger partial charge in [0, 0.05) is 18.2 Å². The molecule has 1 saturated heterocycles. The molecular formula is C15H19N5O7S2. The van der Waals surface area contributed by atoms with Crippen LogP contribution in [0.1, 0.15) is 5.69 Å². The molecule has 0 spiro atoms. The van der Waals surface area contributed by atoms with Gasteiger partial charge < -0.3 is 31.2 Å². The Kier molecular flexibility index (Phi) is 7.18. The van der Waals surface area contributed by atoms with Crippen LogP contribution in [0, 0.1) is 0 Å². The Labute approximate surface area is 173 Å². The van der Waals surface area contributed by atoms with Crippen LogP contribution >= 0.6 is 23.1 Å². The fourth-order valence-corrected chi connectivity index (χ4v) is 4.75. The van der Waals surface area contributed by atoms with Crippen molar-refractivity contribution < 1.29 is 34.5 Å². The molecule has 3 rings (SSSR count). The Balaban J connectivity index is 0.00000300. The molecule has 0 saturated carbocycles. The van der Waals surface area contributed by atoms with Gasteiger partial charge in [0.25, 0.3) is 11.8 Å². The summed E-state index contributed by atoms with van der Waals surface area (Å²) < 4.78 is 5.02. The maximum Gasteiger partial charge on any atom is 0.352 e. The average Bonchev–Trinajstić information content (AvgIpc) is 3.09. The van der Waals surface area contributed by atoms with Crippen molar-refractivity contribution in [1.82, 2.24) is 15.2 Å². The number of rotatable bonds is 7. The van der Waals surface area contributed by atoms with Crippen LogP contribution in [-0.2, 0) is 24.0 Å². The van der Waals surface area contributed by atoms with Crippen molar-refractivity contribution in [3.63, 3.8) is 0 Å². The number of carboxylic acid groups (broad SMARTS) is 1. The van der Waals surface area contributed by atoms with Gasteiger partial charge in [0.05, 0.1) is 6.61 Å². The van der Waals surface area contributed by atoms with Crippen LogP contribution in [0.5, 0.6) is 0 Å². The molecule has 12 nitrogen and oxygen atoms in total. The molecule has 0 aliphatic carbocycles. The molecule has 29 heavy (non-hydrogen) atoms. The fraction of sp³-hybridized carbons (Fsp3) is 0.400. The van der Waals surface area contributed by atoms with Gasteiger partial charge in [0.1, 0.15) is 29.9 Å². The second-order valence-electron chi connectivity index (χ2n) is 5.74. The molecule has 0 bridgehead atoms. The van der Waals surface area contributed by atoms with E-state index in [1.807, 2.05) is 0 Å². The van der Waals surface area contributed by atoms with Crippen LogP contribution in [0.3, 0.4) is 0 Å². The normalized spacial score (nSPS) is 21.1. The maximum absolute atomic E-state index is 12.6. The number of carboxylic acids is 1. The van der Waals surface area contributed by atoms with Gasteiger partial charge in [-0.3, -0.25) is 14.5 Å². The number of nitrogens with two attached hydrogens (primary N) is 1. The van der Waals surface area contributed by atoms with Gasteiger partial charge >= 0.3 is 5.97 Å². The molecular weight excluding hydrogens is 426 g/mol. The number of aromatic nitrogens is 1. The molecule has 1 aromatic heterocycles. The number of thioether (sulfide) groups is 1. The lowest BCUT2D eigenvalue weighted by Gasteiger charge is -2.49. The van der Waals surface area contributed by atoms with Crippen LogP contribution in [0.15, 0.2) is 21.8 Å². The first-order chi connectivity index (χ1) is 13.4. The second-order valence-corrected chi connectivity index (χ2v) is 7.74. The summed E-state index contributed by atoms with van der Waals surface area (Å²) in [5, 5.41) is 17.0. The number of nitrogen functional groups attached to an aromatic ring is 1. The van der Waals surface area contributed by atoms with Gasteiger partial charge in [0.15, 0.2) is 10.8 Å². The zero-order valence-corrected chi connectivity index (χ0v) is 17.0. The second kappa shape index (κ2) is 9.21. The average molecular weight is 445 g/mol. The van der Waals surface area contributed by atoms with E-state index < -0.39 is 29.2 Å². The number of carbonyl (C=O) groups is 3. The zero-order valence-electron chi connectivity index (χ0n) is 15.4. The highest BCUT2D eigenvalue weighted by Crippen LogP contribution is 2.40. The number of β-lactam (4-membered cyclic amide) rings is 1. The Hall–Kier alpha value is -2.68. The molecule has 2 aliphatic rings. The van der Waals surface area contributed by atoms with Gasteiger partial charge in [-0.15, -0.1) is 23.1 Å². The first kappa shape index (κ1) is 22.6. The largest absolute Gasteiger partial charge is 0.477 e. The third kappa shape index (κ3) is 4.19. The van der Waals surface area contributed by atoms with E-state index >= 15 is 0 Å². The molecule has 1 fully saturated rings. The number of carbonyl (C=O) groups excluding carboxylic acids is 2. The SMILES string of the molecule is COCC1=C(C(=O)O)N2C(=O)[C@@H](NC(=O)/C(=N/OC)c3csc(N)n3)[C@H]2SC1.O. The fourth-order valence-electron chi connectivity index (χ4n) is 2.87. The van der Waals surface area contributed by atoms with Crippen molar-refractivity contribution in [2.75, 3.05) is 32.3 Å². The topological polar surface area (TPSA) is 188 Å². The van der Waals surface area contributed by atoms with Gasteiger partial charge in [-0.05, 0) is 5.57 Å². The Morgan fingerprint density at radius 3 is 2.76 bits per heavy atom. The number of hydrogen-bond acceptors (Lipinski definition) is 10. The van der Waals surface area contributed by atoms with E-state index in [-0.39, 0.29) is 34.3 Å². The van der Waals surface area contributed by atoms with Gasteiger partial charge in [0.2, 0.25) is 0 Å². The number of thiazole rings is 1. The van der Waals surface area contributed by atoms with Gasteiger partial charge in [-0.1, -0.05) is 5.16 Å². The Morgan fingerprint density at radius 2 is 2.21 bits per heavy atom.